The summed E-state index contributed by atoms with van der Waals surface area (Å²) in [7, 11) is 0. The maximum absolute atomic E-state index is 14.3. The van der Waals surface area contributed by atoms with E-state index in [1.54, 1.807) is 6.20 Å². The van der Waals surface area contributed by atoms with Crippen LogP contribution in [-0.4, -0.2) is 58.9 Å². The highest BCUT2D eigenvalue weighted by Gasteiger charge is 2.37. The summed E-state index contributed by atoms with van der Waals surface area (Å²) in [6.45, 7) is 3.90. The third-order valence-electron chi connectivity index (χ3n) is 8.00. The first-order valence-corrected chi connectivity index (χ1v) is 14.7. The van der Waals surface area contributed by atoms with Crippen LogP contribution in [0.1, 0.15) is 40.5 Å². The van der Waals surface area contributed by atoms with Crippen molar-refractivity contribution in [1.82, 2.24) is 39.6 Å². The Balaban J connectivity index is 1.16. The van der Waals surface area contributed by atoms with E-state index in [-0.39, 0.29) is 23.2 Å². The number of H-pyrrole nitrogens is 1. The van der Waals surface area contributed by atoms with Gasteiger partial charge in [0.15, 0.2) is 5.82 Å². The van der Waals surface area contributed by atoms with Crippen molar-refractivity contribution in [2.75, 3.05) is 13.2 Å². The van der Waals surface area contributed by atoms with Gasteiger partial charge >= 0.3 is 6.18 Å². The van der Waals surface area contributed by atoms with Gasteiger partial charge in [-0.2, -0.15) is 18.3 Å². The highest BCUT2D eigenvalue weighted by molar-refractivity contribution is 6.30. The second-order valence-corrected chi connectivity index (χ2v) is 11.6. The van der Waals surface area contributed by atoms with E-state index in [0.717, 1.165) is 35.4 Å². The van der Waals surface area contributed by atoms with Gasteiger partial charge in [0.2, 0.25) is 5.88 Å². The van der Waals surface area contributed by atoms with E-state index in [2.05, 4.69) is 34.6 Å². The largest absolute Gasteiger partial charge is 0.472 e. The number of alkyl halides is 3. The summed E-state index contributed by atoms with van der Waals surface area (Å²) in [5.41, 5.74) is 2.20. The monoisotopic (exact) mass is 642 g/mol. The molecule has 1 saturated heterocycles. The van der Waals surface area contributed by atoms with Crippen LogP contribution in [-0.2, 0) is 43.6 Å². The van der Waals surface area contributed by atoms with Crippen LogP contribution in [0.25, 0.3) is 22.6 Å². The van der Waals surface area contributed by atoms with Crippen LogP contribution in [0.2, 0.25) is 5.02 Å². The molecule has 1 fully saturated rings. The Kier molecular flexibility index (Phi) is 7.66. The van der Waals surface area contributed by atoms with Gasteiger partial charge in [0.25, 0.3) is 0 Å². The minimum absolute atomic E-state index is 0.0613. The molecule has 7 rings (SSSR count). The molecule has 1 N–H and O–H groups in total. The van der Waals surface area contributed by atoms with Gasteiger partial charge < -0.3 is 14.0 Å². The summed E-state index contributed by atoms with van der Waals surface area (Å²) in [4.78, 5) is 20.3. The summed E-state index contributed by atoms with van der Waals surface area (Å²) in [5.74, 6) is 0.658. The number of nitrogens with one attached hydrogen (secondary N) is 1. The molecule has 0 unspecified atom stereocenters. The molecule has 6 heterocycles. The van der Waals surface area contributed by atoms with Crippen molar-refractivity contribution in [3.8, 4) is 17.4 Å². The average molecular weight is 643 g/mol. The Morgan fingerprint density at radius 3 is 2.71 bits per heavy atom. The van der Waals surface area contributed by atoms with Gasteiger partial charge in [0, 0.05) is 30.3 Å². The fourth-order valence-corrected chi connectivity index (χ4v) is 5.70. The summed E-state index contributed by atoms with van der Waals surface area (Å²) in [5, 5.41) is 7.20. The van der Waals surface area contributed by atoms with Crippen molar-refractivity contribution in [1.29, 1.82) is 0 Å². The molecule has 0 saturated carbocycles. The number of rotatable bonds is 8. The molecule has 4 aromatic heterocycles. The summed E-state index contributed by atoms with van der Waals surface area (Å²) < 4.78 is 69.6. The summed E-state index contributed by atoms with van der Waals surface area (Å²) in [6.07, 6.45) is -1.58. The molecule has 0 bridgehead atoms. The zero-order valence-corrected chi connectivity index (χ0v) is 24.8. The predicted molar refractivity (Wildman–Crippen MR) is 155 cm³/mol. The van der Waals surface area contributed by atoms with Gasteiger partial charge in [-0.25, -0.2) is 19.3 Å². The number of aryl methyl sites for hydroxylation is 1. The smallest absolute Gasteiger partial charge is 0.421 e. The minimum atomic E-state index is -4.70. The first kappa shape index (κ1) is 29.6. The number of halogens is 5. The topological polar surface area (TPSA) is 107 Å². The normalized spacial score (nSPS) is 17.0. The fraction of sp³-hybridized carbons (Fsp3) is 0.367. The third-order valence-corrected chi connectivity index (χ3v) is 8.23. The lowest BCUT2D eigenvalue weighted by Crippen LogP contribution is -2.34. The lowest BCUT2D eigenvalue weighted by atomic mass is 10.0. The summed E-state index contributed by atoms with van der Waals surface area (Å²) >= 11 is 5.80. The first-order chi connectivity index (χ1) is 21.6. The van der Waals surface area contributed by atoms with Crippen LogP contribution in [0.15, 0.2) is 36.5 Å². The Morgan fingerprint density at radius 1 is 1.16 bits per heavy atom. The number of hydrogen-bond acceptors (Lipinski definition) is 8. The third kappa shape index (κ3) is 6.09. The number of hydrogen-bond donors (Lipinski definition) is 1. The molecule has 1 aromatic carbocycles. The SMILES string of the molecule is Cc1nc(-c2cc3nc(CN4CCc5cc(C(F)(F)F)c(OCc6ccc(Cl)cc6F)nc5C4)n(C[C@@H]4CCO4)c3cn2)n[nH]1. The van der Waals surface area contributed by atoms with Crippen LogP contribution in [0.4, 0.5) is 17.6 Å². The number of pyridine rings is 2. The maximum atomic E-state index is 14.3. The number of imidazole rings is 1. The zero-order valence-electron chi connectivity index (χ0n) is 24.0. The van der Waals surface area contributed by atoms with Crippen LogP contribution >= 0.6 is 11.6 Å². The standard InChI is InChI=1S/C30H27ClF4N8O2/c1-16-37-28(41-40-16)24-10-23-26(11-36-24)43(12-20-5-7-44-20)27(38-23)14-42-6-4-17-8-21(30(33,34)35)29(39-25(17)13-42)45-15-18-2-3-19(31)9-22(18)32/h2-3,8-11,20H,4-7,12-15H2,1H3,(H,37,40,41)/t20-/m0/s1. The molecule has 0 aliphatic carbocycles. The highest BCUT2D eigenvalue weighted by atomic mass is 35.5. The number of aromatic nitrogens is 7. The van der Waals surface area contributed by atoms with E-state index in [9.17, 15) is 17.6 Å². The predicted octanol–water partition coefficient (Wildman–Crippen LogP) is 5.66. The lowest BCUT2D eigenvalue weighted by Gasteiger charge is -2.30. The number of nitrogens with zero attached hydrogens (tertiary/aromatic N) is 7. The van der Waals surface area contributed by atoms with Gasteiger partial charge in [-0.1, -0.05) is 17.7 Å². The van der Waals surface area contributed by atoms with Crippen LogP contribution in [0.3, 0.4) is 0 Å². The van der Waals surface area contributed by atoms with E-state index in [4.69, 9.17) is 26.1 Å². The van der Waals surface area contributed by atoms with E-state index in [1.807, 2.05) is 13.0 Å². The zero-order chi connectivity index (χ0) is 31.3. The molecule has 15 heteroatoms. The van der Waals surface area contributed by atoms with Crippen LogP contribution in [0.5, 0.6) is 5.88 Å². The number of fused-ring (bicyclic) bond motifs is 2. The van der Waals surface area contributed by atoms with Gasteiger partial charge in [-0.3, -0.25) is 15.0 Å². The highest BCUT2D eigenvalue weighted by Crippen LogP contribution is 2.38. The molecule has 0 spiro atoms. The molecular weight excluding hydrogens is 616 g/mol. The van der Waals surface area contributed by atoms with E-state index >= 15 is 0 Å². The van der Waals surface area contributed by atoms with Gasteiger partial charge in [-0.15, -0.1) is 0 Å². The lowest BCUT2D eigenvalue weighted by molar-refractivity contribution is -0.139. The fourth-order valence-electron chi connectivity index (χ4n) is 5.54. The molecule has 2 aliphatic rings. The number of aromatic amines is 1. The minimum Gasteiger partial charge on any atom is -0.472 e. The van der Waals surface area contributed by atoms with Gasteiger partial charge in [0.05, 0.1) is 42.1 Å². The van der Waals surface area contributed by atoms with E-state index in [1.165, 1.54) is 12.1 Å². The molecule has 45 heavy (non-hydrogen) atoms. The quantitative estimate of drug-likeness (QED) is 0.216. The first-order valence-electron chi connectivity index (χ1n) is 14.4. The Labute approximate surface area is 259 Å². The molecule has 234 valence electrons. The van der Waals surface area contributed by atoms with Gasteiger partial charge in [0.1, 0.15) is 35.3 Å². The van der Waals surface area contributed by atoms with Crippen LogP contribution in [0, 0.1) is 12.7 Å². The van der Waals surface area contributed by atoms with E-state index < -0.39 is 30.0 Å². The molecule has 2 aliphatic heterocycles. The molecular formula is C30H27ClF4N8O2. The second-order valence-electron chi connectivity index (χ2n) is 11.2. The van der Waals surface area contributed by atoms with Gasteiger partial charge in [-0.05, 0) is 49.6 Å². The van der Waals surface area contributed by atoms with Crippen LogP contribution < -0.4 is 4.74 Å². The number of benzene rings is 1. The van der Waals surface area contributed by atoms with E-state index in [0.29, 0.717) is 61.3 Å². The number of ether oxygens (including phenoxy) is 2. The Hall–Kier alpha value is -4.14. The van der Waals surface area contributed by atoms with Crippen molar-refractivity contribution in [3.05, 3.63) is 81.4 Å². The molecule has 10 nitrogen and oxygen atoms in total. The summed E-state index contributed by atoms with van der Waals surface area (Å²) in [6, 6.07) is 6.84. The Morgan fingerprint density at radius 2 is 2.00 bits per heavy atom. The van der Waals surface area contributed by atoms with Crippen molar-refractivity contribution in [2.24, 2.45) is 0 Å². The maximum Gasteiger partial charge on any atom is 0.421 e. The van der Waals surface area contributed by atoms with Crippen molar-refractivity contribution >= 4 is 22.6 Å². The van der Waals surface area contributed by atoms with Crippen molar-refractivity contribution < 1.29 is 27.0 Å². The van der Waals surface area contributed by atoms with Crippen molar-refractivity contribution in [3.63, 3.8) is 0 Å². The van der Waals surface area contributed by atoms with Crippen molar-refractivity contribution in [2.45, 2.75) is 58.3 Å². The average Bonchev–Trinajstić information content (AvgIpc) is 3.55. The molecule has 0 amide bonds. The second kappa shape index (κ2) is 11.7. The molecule has 1 atom stereocenters. The molecule has 0 radical (unpaired) electrons. The molecule has 5 aromatic rings. The Bertz CT molecular complexity index is 1890.